The maximum Gasteiger partial charge on any atom is 0.0780 e. The minimum absolute atomic E-state index is 1.02. The van der Waals surface area contributed by atoms with Gasteiger partial charge >= 0.3 is 0 Å². The topological polar surface area (TPSA) is 12.9 Å². The zero-order valence-corrected chi connectivity index (χ0v) is 20.7. The summed E-state index contributed by atoms with van der Waals surface area (Å²) in [4.78, 5) is 4.74. The number of fused-ring (bicyclic) bond motifs is 1. The van der Waals surface area contributed by atoms with Gasteiger partial charge in [-0.05, 0) is 72.1 Å². The fourth-order valence-electron chi connectivity index (χ4n) is 6.08. The Morgan fingerprint density at radius 3 is 1.71 bits per heavy atom. The number of benzene rings is 7. The second-order valence-corrected chi connectivity index (χ2v) is 9.98. The van der Waals surface area contributed by atoms with Gasteiger partial charge < -0.3 is 0 Å². The average molecular weight is 482 g/mol. The smallest absolute Gasteiger partial charge is 0.0780 e. The first-order valence-electron chi connectivity index (χ1n) is 13.1. The molecule has 0 aliphatic carbocycles. The Hall–Kier alpha value is -5.01. The van der Waals surface area contributed by atoms with E-state index in [1.807, 2.05) is 6.20 Å². The predicted molar refractivity (Wildman–Crippen MR) is 162 cm³/mol. The second kappa shape index (κ2) is 8.26. The Morgan fingerprint density at radius 2 is 0.974 bits per heavy atom. The second-order valence-electron chi connectivity index (χ2n) is 9.98. The lowest BCUT2D eigenvalue weighted by atomic mass is 9.85. The van der Waals surface area contributed by atoms with Crippen LogP contribution >= 0.6 is 0 Å². The summed E-state index contributed by atoms with van der Waals surface area (Å²) in [5.74, 6) is 0. The van der Waals surface area contributed by atoms with E-state index in [0.29, 0.717) is 0 Å². The molecule has 0 bridgehead atoms. The van der Waals surface area contributed by atoms with Crippen molar-refractivity contribution < 1.29 is 0 Å². The maximum absolute atomic E-state index is 4.74. The Balaban J connectivity index is 1.39. The molecule has 0 fully saturated rings. The first-order valence-corrected chi connectivity index (χ1v) is 13.1. The third kappa shape index (κ3) is 3.16. The number of aromatic nitrogens is 1. The van der Waals surface area contributed by atoms with E-state index in [4.69, 9.17) is 4.98 Å². The van der Waals surface area contributed by atoms with Gasteiger partial charge in [0.15, 0.2) is 0 Å². The molecule has 7 aromatic carbocycles. The van der Waals surface area contributed by atoms with Crippen LogP contribution in [0.5, 0.6) is 0 Å². The van der Waals surface area contributed by atoms with E-state index in [1.54, 1.807) is 0 Å². The average Bonchev–Trinajstić information content (AvgIpc) is 3.00. The highest BCUT2D eigenvalue weighted by Gasteiger charge is 2.16. The molecule has 0 saturated carbocycles. The largest absolute Gasteiger partial charge is 0.256 e. The van der Waals surface area contributed by atoms with E-state index in [-0.39, 0.29) is 0 Å². The van der Waals surface area contributed by atoms with E-state index in [2.05, 4.69) is 133 Å². The molecule has 0 saturated heterocycles. The van der Waals surface area contributed by atoms with Crippen molar-refractivity contribution in [1.82, 2.24) is 4.98 Å². The SMILES string of the molecule is c1ccc(-c2cc(-c3ccc(-c4nccc5ccccc45)cc3)c3ccc4cccc5ccc2c3c54)cc1. The van der Waals surface area contributed by atoms with Gasteiger partial charge in [0, 0.05) is 17.1 Å². The van der Waals surface area contributed by atoms with Crippen LogP contribution in [0.4, 0.5) is 0 Å². The fraction of sp³-hybridized carbons (Fsp3) is 0. The summed E-state index contributed by atoms with van der Waals surface area (Å²) in [5.41, 5.74) is 7.13. The van der Waals surface area contributed by atoms with Crippen molar-refractivity contribution in [2.24, 2.45) is 0 Å². The molecule has 1 heteroatoms. The van der Waals surface area contributed by atoms with Gasteiger partial charge in [0.05, 0.1) is 5.69 Å². The van der Waals surface area contributed by atoms with Crippen LogP contribution in [0, 0.1) is 0 Å². The van der Waals surface area contributed by atoms with Crippen LogP contribution < -0.4 is 0 Å². The summed E-state index contributed by atoms with van der Waals surface area (Å²) in [6, 6.07) is 48.3. The van der Waals surface area contributed by atoms with Gasteiger partial charge in [-0.25, -0.2) is 0 Å². The van der Waals surface area contributed by atoms with Crippen LogP contribution in [0.2, 0.25) is 0 Å². The molecule has 176 valence electrons. The predicted octanol–water partition coefficient (Wildman–Crippen LogP) is 10.1. The number of hydrogen-bond acceptors (Lipinski definition) is 1. The molecule has 0 aliphatic rings. The van der Waals surface area contributed by atoms with Gasteiger partial charge in [0.1, 0.15) is 0 Å². The van der Waals surface area contributed by atoms with Gasteiger partial charge in [0.25, 0.3) is 0 Å². The summed E-state index contributed by atoms with van der Waals surface area (Å²) >= 11 is 0. The number of rotatable bonds is 3. The Labute approximate surface area is 221 Å². The molecule has 1 aromatic heterocycles. The third-order valence-corrected chi connectivity index (χ3v) is 7.87. The van der Waals surface area contributed by atoms with Crippen molar-refractivity contribution >= 4 is 43.1 Å². The summed E-state index contributed by atoms with van der Waals surface area (Å²) < 4.78 is 0. The van der Waals surface area contributed by atoms with Gasteiger partial charge in [-0.3, -0.25) is 4.98 Å². The van der Waals surface area contributed by atoms with Gasteiger partial charge in [-0.15, -0.1) is 0 Å². The molecule has 0 radical (unpaired) electrons. The lowest BCUT2D eigenvalue weighted by Crippen LogP contribution is -1.91. The van der Waals surface area contributed by atoms with Crippen molar-refractivity contribution in [3.05, 3.63) is 140 Å². The number of hydrogen-bond donors (Lipinski definition) is 0. The quantitative estimate of drug-likeness (QED) is 0.229. The van der Waals surface area contributed by atoms with E-state index in [1.165, 1.54) is 65.3 Å². The molecule has 0 aliphatic heterocycles. The molecule has 0 amide bonds. The zero-order valence-electron chi connectivity index (χ0n) is 20.7. The van der Waals surface area contributed by atoms with Crippen molar-refractivity contribution in [1.29, 1.82) is 0 Å². The first kappa shape index (κ1) is 21.1. The van der Waals surface area contributed by atoms with Crippen molar-refractivity contribution in [3.8, 4) is 33.5 Å². The normalized spacial score (nSPS) is 11.7. The van der Waals surface area contributed by atoms with E-state index in [9.17, 15) is 0 Å². The third-order valence-electron chi connectivity index (χ3n) is 7.87. The lowest BCUT2D eigenvalue weighted by molar-refractivity contribution is 1.36. The molecule has 1 nitrogen and oxygen atoms in total. The van der Waals surface area contributed by atoms with Crippen LogP contribution in [0.25, 0.3) is 76.6 Å². The van der Waals surface area contributed by atoms with Crippen LogP contribution in [0.15, 0.2) is 140 Å². The monoisotopic (exact) mass is 481 g/mol. The fourth-order valence-corrected chi connectivity index (χ4v) is 6.08. The number of pyridine rings is 1. The summed E-state index contributed by atoms with van der Waals surface area (Å²) in [5, 5.41) is 10.2. The first-order chi connectivity index (χ1) is 18.8. The molecule has 38 heavy (non-hydrogen) atoms. The Bertz CT molecular complexity index is 2080. The van der Waals surface area contributed by atoms with Gasteiger partial charge in [-0.1, -0.05) is 121 Å². The van der Waals surface area contributed by atoms with Crippen molar-refractivity contribution in [3.63, 3.8) is 0 Å². The highest BCUT2D eigenvalue weighted by molar-refractivity contribution is 6.28. The standard InChI is InChI=1S/C37H23N/c1-2-7-24(8-3-1)33-23-34(32-20-18-28-11-6-10-27-17-19-31(33)36(32)35(27)28)26-13-15-29(16-14-26)37-30-12-5-4-9-25(30)21-22-38-37/h1-23H. The van der Waals surface area contributed by atoms with Crippen molar-refractivity contribution in [2.75, 3.05) is 0 Å². The minimum atomic E-state index is 1.02. The van der Waals surface area contributed by atoms with E-state index < -0.39 is 0 Å². The van der Waals surface area contributed by atoms with Crippen LogP contribution in [-0.2, 0) is 0 Å². The molecule has 8 aromatic rings. The molecule has 0 spiro atoms. The van der Waals surface area contributed by atoms with E-state index in [0.717, 1.165) is 11.3 Å². The highest BCUT2D eigenvalue weighted by atomic mass is 14.7. The zero-order chi connectivity index (χ0) is 25.1. The lowest BCUT2D eigenvalue weighted by Gasteiger charge is -2.18. The molecule has 0 atom stereocenters. The van der Waals surface area contributed by atoms with Crippen molar-refractivity contribution in [2.45, 2.75) is 0 Å². The Morgan fingerprint density at radius 1 is 0.368 bits per heavy atom. The number of nitrogens with zero attached hydrogens (tertiary/aromatic N) is 1. The maximum atomic E-state index is 4.74. The summed E-state index contributed by atoms with van der Waals surface area (Å²) in [6.45, 7) is 0. The van der Waals surface area contributed by atoms with Gasteiger partial charge in [-0.2, -0.15) is 0 Å². The summed E-state index contributed by atoms with van der Waals surface area (Å²) in [6.07, 6.45) is 1.90. The molecular weight excluding hydrogens is 458 g/mol. The Kier molecular flexibility index (Phi) is 4.59. The molecule has 0 unspecified atom stereocenters. The molecule has 0 N–H and O–H groups in total. The minimum Gasteiger partial charge on any atom is -0.256 e. The van der Waals surface area contributed by atoms with Crippen LogP contribution in [0.1, 0.15) is 0 Å². The summed E-state index contributed by atoms with van der Waals surface area (Å²) in [7, 11) is 0. The highest BCUT2D eigenvalue weighted by Crippen LogP contribution is 2.44. The van der Waals surface area contributed by atoms with Crippen LogP contribution in [0.3, 0.4) is 0 Å². The van der Waals surface area contributed by atoms with Gasteiger partial charge in [0.2, 0.25) is 0 Å². The molecular formula is C37H23N. The van der Waals surface area contributed by atoms with E-state index >= 15 is 0 Å². The molecule has 8 rings (SSSR count). The van der Waals surface area contributed by atoms with Crippen LogP contribution in [-0.4, -0.2) is 4.98 Å². The molecule has 1 heterocycles.